The summed E-state index contributed by atoms with van der Waals surface area (Å²) in [4.78, 5) is 14.2. The maximum Gasteiger partial charge on any atom is 0.154 e. The van der Waals surface area contributed by atoms with Gasteiger partial charge in [0.05, 0.1) is 40.0 Å². The smallest absolute Gasteiger partial charge is 0.154 e. The number of aliphatic hydroxyl groups excluding tert-OH is 1. The van der Waals surface area contributed by atoms with E-state index in [9.17, 15) is 9.50 Å². The quantitative estimate of drug-likeness (QED) is 0.502. The van der Waals surface area contributed by atoms with Gasteiger partial charge in [-0.2, -0.15) is 0 Å². The molecule has 5 rings (SSSR count). The van der Waals surface area contributed by atoms with Gasteiger partial charge < -0.3 is 19.7 Å². The number of hydrogen-bond donors (Lipinski definition) is 2. The lowest BCUT2D eigenvalue weighted by Crippen LogP contribution is -2.43. The molecular formula is C22H18ClFN4O2. The summed E-state index contributed by atoms with van der Waals surface area (Å²) in [7, 11) is 0. The summed E-state index contributed by atoms with van der Waals surface area (Å²) < 4.78 is 19.9. The molecule has 0 amide bonds. The van der Waals surface area contributed by atoms with E-state index in [0.29, 0.717) is 22.6 Å². The number of aromatic amines is 1. The summed E-state index contributed by atoms with van der Waals surface area (Å²) in [5.41, 5.74) is 3.67. The summed E-state index contributed by atoms with van der Waals surface area (Å²) in [5, 5.41) is 9.94. The summed E-state index contributed by atoms with van der Waals surface area (Å²) in [6.45, 7) is 2.18. The molecule has 1 aliphatic rings. The van der Waals surface area contributed by atoms with Crippen molar-refractivity contribution in [1.82, 2.24) is 15.0 Å². The van der Waals surface area contributed by atoms with Crippen LogP contribution in [0.25, 0.3) is 22.4 Å². The van der Waals surface area contributed by atoms with Gasteiger partial charge in [0.25, 0.3) is 0 Å². The highest BCUT2D eigenvalue weighted by Gasteiger charge is 2.31. The number of rotatable bonds is 3. The maximum absolute atomic E-state index is 13.8. The molecule has 0 spiro atoms. The molecule has 4 aromatic rings. The van der Waals surface area contributed by atoms with Gasteiger partial charge in [0, 0.05) is 12.3 Å². The Balaban J connectivity index is 1.65. The van der Waals surface area contributed by atoms with Gasteiger partial charge in [-0.05, 0) is 36.8 Å². The van der Waals surface area contributed by atoms with E-state index < -0.39 is 5.82 Å². The average molecular weight is 425 g/mol. The van der Waals surface area contributed by atoms with E-state index in [2.05, 4.69) is 15.0 Å². The second kappa shape index (κ2) is 7.27. The minimum absolute atomic E-state index is 0.0225. The number of halogens is 2. The number of ether oxygens (including phenoxy) is 1. The fourth-order valence-electron chi connectivity index (χ4n) is 3.68. The number of nitrogens with zero attached hydrogens (tertiary/aromatic N) is 3. The van der Waals surface area contributed by atoms with Crippen LogP contribution in [-0.4, -0.2) is 39.3 Å². The molecular weight excluding hydrogens is 407 g/mol. The van der Waals surface area contributed by atoms with Crippen LogP contribution in [0.3, 0.4) is 0 Å². The van der Waals surface area contributed by atoms with Crippen molar-refractivity contribution in [2.24, 2.45) is 0 Å². The highest BCUT2D eigenvalue weighted by Crippen LogP contribution is 2.44. The molecule has 3 heterocycles. The lowest BCUT2D eigenvalue weighted by Gasteiger charge is -2.37. The predicted octanol–water partition coefficient (Wildman–Crippen LogP) is 4.62. The monoisotopic (exact) mass is 424 g/mol. The second-order valence-electron chi connectivity index (χ2n) is 7.23. The zero-order valence-corrected chi connectivity index (χ0v) is 16.8. The molecule has 0 bridgehead atoms. The van der Waals surface area contributed by atoms with Crippen LogP contribution in [0.2, 0.25) is 5.02 Å². The Labute approximate surface area is 176 Å². The number of anilines is 2. The number of aryl methyl sites for hydroxylation is 1. The summed E-state index contributed by atoms with van der Waals surface area (Å²) in [6, 6.07) is 12.1. The number of hydrogen-bond acceptors (Lipinski definition) is 5. The molecule has 0 radical (unpaired) electrons. The van der Waals surface area contributed by atoms with Gasteiger partial charge in [-0.1, -0.05) is 23.7 Å². The first-order chi connectivity index (χ1) is 14.5. The van der Waals surface area contributed by atoms with Gasteiger partial charge in [-0.3, -0.25) is 0 Å². The van der Waals surface area contributed by atoms with Crippen LogP contribution in [0.1, 0.15) is 5.56 Å². The molecule has 1 unspecified atom stereocenters. The SMILES string of the molecule is Cc1ccc(N2c3cccc(-c4nc5cc(Cl)c(F)cc5[nH]4)c3OCC2CO)nc1. The van der Waals surface area contributed by atoms with Crippen molar-refractivity contribution >= 4 is 34.1 Å². The van der Waals surface area contributed by atoms with Crippen LogP contribution in [0.5, 0.6) is 5.75 Å². The van der Waals surface area contributed by atoms with Crippen molar-refractivity contribution in [3.8, 4) is 17.1 Å². The first-order valence-electron chi connectivity index (χ1n) is 9.49. The Morgan fingerprint density at radius 2 is 2.17 bits per heavy atom. The van der Waals surface area contributed by atoms with E-state index in [-0.39, 0.29) is 24.3 Å². The summed E-state index contributed by atoms with van der Waals surface area (Å²) >= 11 is 5.90. The standard InChI is InChI=1S/C22H18ClFN4O2/c1-12-5-6-20(25-9-12)28-13(10-29)11-30-21-14(3-2-4-19(21)28)22-26-17-7-15(23)16(24)8-18(17)27-22/h2-9,13,29H,10-11H2,1H3,(H,26,27). The van der Waals surface area contributed by atoms with Gasteiger partial charge in [-0.15, -0.1) is 0 Å². The van der Waals surface area contributed by atoms with Gasteiger partial charge in [0.1, 0.15) is 24.1 Å². The number of H-pyrrole nitrogens is 1. The Kier molecular flexibility index (Phi) is 4.56. The molecule has 6 nitrogen and oxygen atoms in total. The number of aliphatic hydroxyl groups is 1. The Morgan fingerprint density at radius 3 is 2.93 bits per heavy atom. The lowest BCUT2D eigenvalue weighted by atomic mass is 10.1. The number of imidazole rings is 1. The molecule has 0 aliphatic carbocycles. The van der Waals surface area contributed by atoms with Crippen molar-refractivity contribution in [1.29, 1.82) is 0 Å². The van der Waals surface area contributed by atoms with E-state index in [4.69, 9.17) is 16.3 Å². The molecule has 2 aromatic heterocycles. The molecule has 0 saturated heterocycles. The minimum atomic E-state index is -0.506. The zero-order valence-electron chi connectivity index (χ0n) is 16.1. The molecule has 152 valence electrons. The molecule has 8 heteroatoms. The Morgan fingerprint density at radius 1 is 1.30 bits per heavy atom. The van der Waals surface area contributed by atoms with E-state index in [1.165, 1.54) is 12.1 Å². The molecule has 0 fully saturated rings. The van der Waals surface area contributed by atoms with Crippen molar-refractivity contribution in [2.45, 2.75) is 13.0 Å². The average Bonchev–Trinajstić information content (AvgIpc) is 3.16. The van der Waals surface area contributed by atoms with E-state index in [1.807, 2.05) is 42.2 Å². The highest BCUT2D eigenvalue weighted by molar-refractivity contribution is 6.31. The van der Waals surface area contributed by atoms with E-state index in [1.54, 1.807) is 6.20 Å². The number of aromatic nitrogens is 3. The maximum atomic E-state index is 13.8. The summed E-state index contributed by atoms with van der Waals surface area (Å²) in [6.07, 6.45) is 1.79. The number of benzene rings is 2. The normalized spacial score (nSPS) is 15.9. The minimum Gasteiger partial charge on any atom is -0.488 e. The van der Waals surface area contributed by atoms with Gasteiger partial charge >= 0.3 is 0 Å². The van der Waals surface area contributed by atoms with Crippen molar-refractivity contribution in [3.63, 3.8) is 0 Å². The fraction of sp³-hybridized carbons (Fsp3) is 0.182. The lowest BCUT2D eigenvalue weighted by molar-refractivity contribution is 0.195. The number of fused-ring (bicyclic) bond motifs is 2. The second-order valence-corrected chi connectivity index (χ2v) is 7.64. The van der Waals surface area contributed by atoms with Crippen LogP contribution < -0.4 is 9.64 Å². The largest absolute Gasteiger partial charge is 0.488 e. The zero-order chi connectivity index (χ0) is 20.8. The highest BCUT2D eigenvalue weighted by atomic mass is 35.5. The number of para-hydroxylation sites is 1. The van der Waals surface area contributed by atoms with Crippen LogP contribution in [0.4, 0.5) is 15.9 Å². The molecule has 1 aliphatic heterocycles. The van der Waals surface area contributed by atoms with Crippen LogP contribution in [0.15, 0.2) is 48.7 Å². The third-order valence-corrected chi connectivity index (χ3v) is 5.46. The van der Waals surface area contributed by atoms with E-state index in [0.717, 1.165) is 22.6 Å². The molecule has 2 aromatic carbocycles. The number of pyridine rings is 1. The first-order valence-corrected chi connectivity index (χ1v) is 9.86. The third-order valence-electron chi connectivity index (χ3n) is 5.17. The van der Waals surface area contributed by atoms with E-state index >= 15 is 0 Å². The van der Waals surface area contributed by atoms with Crippen LogP contribution in [0, 0.1) is 12.7 Å². The van der Waals surface area contributed by atoms with Gasteiger partial charge in [0.2, 0.25) is 0 Å². The van der Waals surface area contributed by atoms with Crippen molar-refractivity contribution in [2.75, 3.05) is 18.1 Å². The predicted molar refractivity (Wildman–Crippen MR) is 114 cm³/mol. The van der Waals surface area contributed by atoms with Gasteiger partial charge in [0.15, 0.2) is 5.75 Å². The molecule has 1 atom stereocenters. The Hall–Kier alpha value is -3.16. The number of nitrogens with one attached hydrogen (secondary N) is 1. The molecule has 2 N–H and O–H groups in total. The summed E-state index contributed by atoms with van der Waals surface area (Å²) in [5.74, 6) is 1.38. The third kappa shape index (κ3) is 3.07. The topological polar surface area (TPSA) is 74.3 Å². The molecule has 30 heavy (non-hydrogen) atoms. The van der Waals surface area contributed by atoms with Crippen molar-refractivity contribution < 1.29 is 14.2 Å². The van der Waals surface area contributed by atoms with Crippen LogP contribution >= 0.6 is 11.6 Å². The fourth-order valence-corrected chi connectivity index (χ4v) is 3.84. The van der Waals surface area contributed by atoms with Crippen molar-refractivity contribution in [3.05, 3.63) is 65.1 Å². The van der Waals surface area contributed by atoms with Crippen LogP contribution in [-0.2, 0) is 0 Å². The van der Waals surface area contributed by atoms with Gasteiger partial charge in [-0.25, -0.2) is 14.4 Å². The first kappa shape index (κ1) is 18.8. The molecule has 0 saturated carbocycles. The Bertz CT molecular complexity index is 1200.